The van der Waals surface area contributed by atoms with Gasteiger partial charge < -0.3 is 14.6 Å². The molecule has 0 unspecified atom stereocenters. The number of rotatable bonds is 12. The summed E-state index contributed by atoms with van der Waals surface area (Å²) in [6, 6.07) is 41.0. The van der Waals surface area contributed by atoms with Gasteiger partial charge in [-0.15, -0.1) is 0 Å². The Balaban J connectivity index is 0.000000326. The summed E-state index contributed by atoms with van der Waals surface area (Å²) in [6.45, 7) is 36.7. The molecular weight excluding hydrogens is 973 g/mol. The standard InChI is InChI=1S/C14H22N2.C14H20O2S.C13H16N2OS.C13H18.C12H16.CH4/c1-14(2,3)13-8-7-12(11-15-13)16-9-5-4-6-10-16;1-14(2,3)13(15)11-17-10-9-16-12-7-5-4-6-8-12;1-13(2,3)11(16)8-17-12-14-9-6-4-5-7-10(9)15-12;1-11-5-7-12(8-6-11)9-10-13(2,3)4;1-12(2,3)10-9-11-7-5-4-6-8-11;/h7-8,11H,4-6,9-10H2,1-3H3;4-8H,9-11H2,1-3H3;4-7H,8H2,1-3H3,(H,14,15);5-10H,1-4H3;4-10H,1-3H3;1H4/b;;;2*10-9+;. The number of allylic oxidation sites excluding steroid dienone is 2. The number of anilines is 1. The Morgan fingerprint density at radius 1 is 0.618 bits per heavy atom. The maximum absolute atomic E-state index is 11.8. The lowest BCUT2D eigenvalue weighted by molar-refractivity contribution is -0.124. The number of aromatic nitrogens is 3. The molecule has 1 N–H and O–H groups in total. The number of thioether (sulfide) groups is 2. The minimum Gasteiger partial charge on any atom is -0.493 e. The van der Waals surface area contributed by atoms with Crippen LogP contribution in [0.1, 0.15) is 153 Å². The lowest BCUT2D eigenvalue weighted by Gasteiger charge is -2.29. The molecule has 3 heterocycles. The number of carbonyl (C=O) groups is 2. The number of ketones is 2. The number of hydrogen-bond acceptors (Lipinski definition) is 8. The normalized spacial score (nSPS) is 12.9. The monoisotopic (exact) mass is 1070 g/mol. The van der Waals surface area contributed by atoms with Crippen LogP contribution in [-0.2, 0) is 15.0 Å². The van der Waals surface area contributed by atoms with E-state index < -0.39 is 0 Å². The van der Waals surface area contributed by atoms with Crippen LogP contribution >= 0.6 is 23.5 Å². The van der Waals surface area contributed by atoms with Crippen molar-refractivity contribution in [1.29, 1.82) is 0 Å². The number of imidazole rings is 1. The van der Waals surface area contributed by atoms with Crippen molar-refractivity contribution >= 4 is 64.0 Å². The molecule has 9 heteroatoms. The number of aryl methyl sites for hydroxylation is 1. The van der Waals surface area contributed by atoms with Gasteiger partial charge in [0.2, 0.25) is 0 Å². The number of hydrogen-bond donors (Lipinski definition) is 1. The number of benzene rings is 4. The number of pyridine rings is 1. The van der Waals surface area contributed by atoms with Crippen molar-refractivity contribution in [2.24, 2.45) is 21.7 Å². The first-order chi connectivity index (χ1) is 35.1. The predicted octanol–water partition coefficient (Wildman–Crippen LogP) is 18.5. The molecule has 1 fully saturated rings. The Labute approximate surface area is 470 Å². The van der Waals surface area contributed by atoms with Gasteiger partial charge in [-0.1, -0.05) is 238 Å². The molecule has 0 bridgehead atoms. The van der Waals surface area contributed by atoms with Crippen LogP contribution in [-0.4, -0.2) is 63.5 Å². The number of nitrogens with zero attached hydrogens (tertiary/aromatic N) is 3. The molecule has 7 rings (SSSR count). The van der Waals surface area contributed by atoms with E-state index in [-0.39, 0.29) is 40.3 Å². The number of nitrogens with one attached hydrogen (secondary N) is 1. The molecule has 6 aromatic rings. The summed E-state index contributed by atoms with van der Waals surface area (Å²) in [5.41, 5.74) is 8.46. The first-order valence-corrected chi connectivity index (χ1v) is 28.8. The van der Waals surface area contributed by atoms with Gasteiger partial charge >= 0.3 is 0 Å². The summed E-state index contributed by atoms with van der Waals surface area (Å²) in [5, 5.41) is 0.809. The number of Topliss-reactive ketones (excluding diaryl/α,β-unsaturated/α-hetero) is 2. The topological polar surface area (TPSA) is 88.2 Å². The number of para-hydroxylation sites is 3. The van der Waals surface area contributed by atoms with Crippen LogP contribution < -0.4 is 9.64 Å². The molecule has 76 heavy (non-hydrogen) atoms. The summed E-state index contributed by atoms with van der Waals surface area (Å²) in [6.07, 6.45) is 14.9. The third-order valence-corrected chi connectivity index (χ3v) is 13.3. The van der Waals surface area contributed by atoms with E-state index in [0.717, 1.165) is 27.7 Å². The van der Waals surface area contributed by atoms with E-state index in [1.54, 1.807) is 11.8 Å². The van der Waals surface area contributed by atoms with Gasteiger partial charge in [0.15, 0.2) is 5.16 Å². The lowest BCUT2D eigenvalue weighted by atomic mass is 9.91. The fourth-order valence-corrected chi connectivity index (χ4v) is 8.58. The van der Waals surface area contributed by atoms with Crippen LogP contribution in [0.4, 0.5) is 5.69 Å². The number of carbonyl (C=O) groups excluding carboxylic acids is 2. The van der Waals surface area contributed by atoms with Gasteiger partial charge in [-0.3, -0.25) is 14.6 Å². The highest BCUT2D eigenvalue weighted by Gasteiger charge is 2.22. The summed E-state index contributed by atoms with van der Waals surface area (Å²) >= 11 is 3.10. The Morgan fingerprint density at radius 3 is 1.63 bits per heavy atom. The fraction of sp³-hybridized carbons (Fsp3) is 0.463. The van der Waals surface area contributed by atoms with E-state index in [1.807, 2.05) is 108 Å². The summed E-state index contributed by atoms with van der Waals surface area (Å²) in [4.78, 5) is 38.1. The van der Waals surface area contributed by atoms with Crippen LogP contribution in [0.3, 0.4) is 0 Å². The molecule has 2 aromatic heterocycles. The van der Waals surface area contributed by atoms with Crippen molar-refractivity contribution in [3.8, 4) is 5.75 Å². The molecule has 1 aliphatic rings. The van der Waals surface area contributed by atoms with Crippen molar-refractivity contribution in [3.05, 3.63) is 162 Å². The van der Waals surface area contributed by atoms with Crippen LogP contribution in [0.2, 0.25) is 0 Å². The van der Waals surface area contributed by atoms with Crippen LogP contribution in [0.25, 0.3) is 23.2 Å². The molecule has 1 aliphatic heterocycles. The molecule has 0 amide bonds. The van der Waals surface area contributed by atoms with Gasteiger partial charge in [0.1, 0.15) is 17.3 Å². The molecule has 0 atom stereocenters. The Bertz CT molecular complexity index is 2570. The number of H-pyrrole nitrogens is 1. The second kappa shape index (κ2) is 32.4. The van der Waals surface area contributed by atoms with Gasteiger partial charge in [0.05, 0.1) is 41.0 Å². The molecule has 0 saturated carbocycles. The highest BCUT2D eigenvalue weighted by molar-refractivity contribution is 8.00. The first-order valence-electron chi connectivity index (χ1n) is 26.7. The Kier molecular flexibility index (Phi) is 28.4. The minimum atomic E-state index is -0.279. The number of aromatic amines is 1. The van der Waals surface area contributed by atoms with Crippen LogP contribution in [0.5, 0.6) is 5.75 Å². The van der Waals surface area contributed by atoms with E-state index in [0.29, 0.717) is 23.9 Å². The summed E-state index contributed by atoms with van der Waals surface area (Å²) < 4.78 is 5.54. The van der Waals surface area contributed by atoms with Gasteiger partial charge in [-0.25, -0.2) is 4.98 Å². The average Bonchev–Trinajstić information content (AvgIpc) is 3.78. The molecule has 7 nitrogen and oxygen atoms in total. The predicted molar refractivity (Wildman–Crippen MR) is 335 cm³/mol. The van der Waals surface area contributed by atoms with Gasteiger partial charge in [0.25, 0.3) is 0 Å². The SMILES string of the molecule is C.CC(C)(C)/C=C/c1ccccc1.CC(C)(C)C(=O)CSCCOc1ccccc1.CC(C)(C)C(=O)CSc1nc2ccccc2[nH]1.CC(C)(C)c1ccc(N2CCCCC2)cn1.Cc1ccc(/C=C/C(C)(C)C)cc1. The van der Waals surface area contributed by atoms with E-state index in [1.165, 1.54) is 72.2 Å². The third kappa shape index (κ3) is 28.7. The maximum Gasteiger partial charge on any atom is 0.166 e. The summed E-state index contributed by atoms with van der Waals surface area (Å²) in [7, 11) is 0. The van der Waals surface area contributed by atoms with Crippen molar-refractivity contribution in [2.45, 2.75) is 148 Å². The largest absolute Gasteiger partial charge is 0.493 e. The van der Waals surface area contributed by atoms with Crippen molar-refractivity contribution in [2.75, 3.05) is 41.9 Å². The maximum atomic E-state index is 11.8. The van der Waals surface area contributed by atoms with E-state index in [4.69, 9.17) is 4.74 Å². The average molecular weight is 1070 g/mol. The highest BCUT2D eigenvalue weighted by Crippen LogP contribution is 2.26. The Morgan fingerprint density at radius 2 is 1.13 bits per heavy atom. The first kappa shape index (κ1) is 66.7. The van der Waals surface area contributed by atoms with Crippen LogP contribution in [0.15, 0.2) is 145 Å². The van der Waals surface area contributed by atoms with Crippen molar-refractivity contribution in [1.82, 2.24) is 15.0 Å². The highest BCUT2D eigenvalue weighted by atomic mass is 32.2. The number of piperidine rings is 1. The van der Waals surface area contributed by atoms with E-state index in [9.17, 15) is 9.59 Å². The minimum absolute atomic E-state index is 0. The summed E-state index contributed by atoms with van der Waals surface area (Å²) in [5.74, 6) is 3.29. The zero-order chi connectivity index (χ0) is 55.7. The third-order valence-electron chi connectivity index (χ3n) is 11.5. The molecule has 0 radical (unpaired) electrons. The van der Waals surface area contributed by atoms with Crippen LogP contribution in [0, 0.1) is 28.6 Å². The van der Waals surface area contributed by atoms with E-state index in [2.05, 4.69) is 174 Å². The smallest absolute Gasteiger partial charge is 0.166 e. The van der Waals surface area contributed by atoms with Gasteiger partial charge in [-0.05, 0) is 84.5 Å². The van der Waals surface area contributed by atoms with Crippen molar-refractivity contribution < 1.29 is 14.3 Å². The fourth-order valence-electron chi connectivity index (χ4n) is 6.57. The zero-order valence-electron chi connectivity index (χ0n) is 48.7. The molecule has 0 spiro atoms. The Hall–Kier alpha value is -5.38. The van der Waals surface area contributed by atoms with Gasteiger partial charge in [0, 0.05) is 40.8 Å². The lowest BCUT2D eigenvalue weighted by Crippen LogP contribution is -2.29. The molecule has 4 aromatic carbocycles. The molecule has 1 saturated heterocycles. The second-order valence-corrected chi connectivity index (χ2v) is 26.4. The van der Waals surface area contributed by atoms with Gasteiger partial charge in [-0.2, -0.15) is 11.8 Å². The van der Waals surface area contributed by atoms with E-state index >= 15 is 0 Å². The van der Waals surface area contributed by atoms with Crippen molar-refractivity contribution in [3.63, 3.8) is 0 Å². The second-order valence-electron chi connectivity index (χ2n) is 24.3. The number of fused-ring (bicyclic) bond motifs is 1. The zero-order valence-corrected chi connectivity index (χ0v) is 50.3. The molecular formula is C67H96N4O3S2. The molecule has 414 valence electrons. The number of ether oxygens (including phenoxy) is 1. The molecule has 0 aliphatic carbocycles. The quantitative estimate of drug-likeness (QED) is 0.0958.